The van der Waals surface area contributed by atoms with E-state index in [1.165, 1.54) is 19.0 Å². The summed E-state index contributed by atoms with van der Waals surface area (Å²) < 4.78 is 0. The van der Waals surface area contributed by atoms with Gasteiger partial charge in [-0.2, -0.15) is 0 Å². The highest BCUT2D eigenvalue weighted by Gasteiger charge is 2.46. The molecule has 1 heterocycles. The van der Waals surface area contributed by atoms with Crippen LogP contribution in [0.5, 0.6) is 11.5 Å². The molecular formula is C29H21N3O3. The van der Waals surface area contributed by atoms with Gasteiger partial charge in [-0.15, -0.1) is 0 Å². The maximum Gasteiger partial charge on any atom is 0.193 e. The first-order valence-electron chi connectivity index (χ1n) is 11.0. The number of rotatable bonds is 2. The summed E-state index contributed by atoms with van der Waals surface area (Å²) in [6.07, 6.45) is 4.31. The average Bonchev–Trinajstić information content (AvgIpc) is 2.92. The van der Waals surface area contributed by atoms with Gasteiger partial charge < -0.3 is 10.2 Å². The Balaban J connectivity index is 0.000000371. The summed E-state index contributed by atoms with van der Waals surface area (Å²) in [7, 11) is 0. The van der Waals surface area contributed by atoms with Crippen molar-refractivity contribution in [3.63, 3.8) is 0 Å². The fourth-order valence-corrected chi connectivity index (χ4v) is 4.72. The molecule has 35 heavy (non-hydrogen) atoms. The van der Waals surface area contributed by atoms with Crippen molar-refractivity contribution in [3.8, 4) is 11.5 Å². The predicted octanol–water partition coefficient (Wildman–Crippen LogP) is 4.90. The molecule has 2 N–H and O–H groups in total. The van der Waals surface area contributed by atoms with Crippen molar-refractivity contribution in [1.29, 1.82) is 0 Å². The van der Waals surface area contributed by atoms with Gasteiger partial charge in [-0.25, -0.2) is 15.0 Å². The van der Waals surface area contributed by atoms with Gasteiger partial charge in [0, 0.05) is 11.1 Å². The molecule has 5 aromatic rings. The molecule has 4 aromatic carbocycles. The smallest absolute Gasteiger partial charge is 0.193 e. The van der Waals surface area contributed by atoms with Crippen LogP contribution in [-0.2, 0) is 5.41 Å². The van der Waals surface area contributed by atoms with Crippen LogP contribution in [0.4, 0.5) is 0 Å². The Labute approximate surface area is 202 Å². The molecule has 6 nitrogen and oxygen atoms in total. The molecule has 1 aliphatic rings. The number of phenols is 2. The number of aromatic hydroxyl groups is 2. The van der Waals surface area contributed by atoms with Crippen LogP contribution < -0.4 is 0 Å². The highest BCUT2D eigenvalue weighted by Crippen LogP contribution is 2.51. The number of hydrogen-bond acceptors (Lipinski definition) is 6. The molecule has 1 aromatic heterocycles. The van der Waals surface area contributed by atoms with Crippen molar-refractivity contribution in [2.45, 2.75) is 5.41 Å². The lowest BCUT2D eigenvalue weighted by Gasteiger charge is -2.41. The van der Waals surface area contributed by atoms with Crippen molar-refractivity contribution < 1.29 is 15.0 Å². The normalized spacial score (nSPS) is 13.1. The van der Waals surface area contributed by atoms with E-state index in [-0.39, 0.29) is 17.3 Å². The van der Waals surface area contributed by atoms with Crippen molar-refractivity contribution >= 4 is 5.78 Å². The Morgan fingerprint density at radius 2 is 0.886 bits per heavy atom. The third-order valence-corrected chi connectivity index (χ3v) is 6.15. The van der Waals surface area contributed by atoms with E-state index < -0.39 is 5.41 Å². The number of fused-ring (bicyclic) bond motifs is 2. The SMILES string of the molecule is O=C1c2ccccc2C(c2ccc(O)cc2)(c2ccc(O)cc2)c2ccccc21.c1ncncn1. The lowest BCUT2D eigenvalue weighted by atomic mass is 9.59. The maximum absolute atomic E-state index is 13.3. The van der Waals surface area contributed by atoms with Gasteiger partial charge in [0.1, 0.15) is 30.5 Å². The fraction of sp³-hybridized carbons (Fsp3) is 0.0345. The van der Waals surface area contributed by atoms with Crippen LogP contribution in [0.3, 0.4) is 0 Å². The molecule has 0 saturated heterocycles. The molecule has 1 aliphatic carbocycles. The van der Waals surface area contributed by atoms with Gasteiger partial charge in [-0.1, -0.05) is 72.8 Å². The number of ketones is 1. The lowest BCUT2D eigenvalue weighted by molar-refractivity contribution is 0.103. The second-order valence-electron chi connectivity index (χ2n) is 8.06. The first-order chi connectivity index (χ1) is 17.1. The van der Waals surface area contributed by atoms with Crippen molar-refractivity contribution in [1.82, 2.24) is 15.0 Å². The highest BCUT2D eigenvalue weighted by atomic mass is 16.3. The molecule has 6 rings (SSSR count). The number of aromatic nitrogens is 3. The number of nitrogens with zero attached hydrogens (tertiary/aromatic N) is 3. The van der Waals surface area contributed by atoms with Gasteiger partial charge in [-0.3, -0.25) is 4.79 Å². The van der Waals surface area contributed by atoms with Crippen LogP contribution in [-0.4, -0.2) is 30.9 Å². The van der Waals surface area contributed by atoms with Gasteiger partial charge >= 0.3 is 0 Å². The topological polar surface area (TPSA) is 96.2 Å². The number of carbonyl (C=O) groups excluding carboxylic acids is 1. The van der Waals surface area contributed by atoms with Gasteiger partial charge in [0.05, 0.1) is 5.41 Å². The molecule has 170 valence electrons. The van der Waals surface area contributed by atoms with Crippen LogP contribution in [0.15, 0.2) is 116 Å². The first kappa shape index (κ1) is 22.0. The molecule has 0 atom stereocenters. The molecule has 0 spiro atoms. The van der Waals surface area contributed by atoms with E-state index in [1.807, 2.05) is 72.8 Å². The summed E-state index contributed by atoms with van der Waals surface area (Å²) in [6, 6.07) is 29.6. The van der Waals surface area contributed by atoms with E-state index in [9.17, 15) is 15.0 Å². The van der Waals surface area contributed by atoms with Gasteiger partial charge in [-0.05, 0) is 46.5 Å². The minimum absolute atomic E-state index is 0.00406. The van der Waals surface area contributed by atoms with Gasteiger partial charge in [0.2, 0.25) is 0 Å². The van der Waals surface area contributed by atoms with Crippen molar-refractivity contribution in [2.24, 2.45) is 0 Å². The zero-order valence-electron chi connectivity index (χ0n) is 18.6. The Morgan fingerprint density at radius 1 is 0.514 bits per heavy atom. The molecule has 0 aliphatic heterocycles. The quantitative estimate of drug-likeness (QED) is 0.383. The average molecular weight is 460 g/mol. The monoisotopic (exact) mass is 459 g/mol. The summed E-state index contributed by atoms with van der Waals surface area (Å²) in [4.78, 5) is 24.0. The summed E-state index contributed by atoms with van der Waals surface area (Å²) in [5.41, 5.74) is 4.23. The van der Waals surface area contributed by atoms with Crippen LogP contribution in [0.25, 0.3) is 0 Å². The molecular weight excluding hydrogens is 438 g/mol. The fourth-order valence-electron chi connectivity index (χ4n) is 4.72. The zero-order chi connectivity index (χ0) is 24.3. The van der Waals surface area contributed by atoms with Crippen LogP contribution in [0.1, 0.15) is 38.2 Å². The van der Waals surface area contributed by atoms with Crippen molar-refractivity contribution in [2.75, 3.05) is 0 Å². The van der Waals surface area contributed by atoms with E-state index in [0.717, 1.165) is 22.3 Å². The van der Waals surface area contributed by atoms with E-state index in [4.69, 9.17) is 0 Å². The largest absolute Gasteiger partial charge is 0.508 e. The third kappa shape index (κ3) is 3.81. The van der Waals surface area contributed by atoms with Crippen LogP contribution in [0.2, 0.25) is 0 Å². The molecule has 0 unspecified atom stereocenters. The van der Waals surface area contributed by atoms with E-state index in [0.29, 0.717) is 11.1 Å². The summed E-state index contributed by atoms with van der Waals surface area (Å²) in [5.74, 6) is 0.371. The van der Waals surface area contributed by atoms with E-state index in [2.05, 4.69) is 15.0 Å². The number of carbonyl (C=O) groups is 1. The summed E-state index contributed by atoms with van der Waals surface area (Å²) in [6.45, 7) is 0. The Kier molecular flexibility index (Phi) is 5.77. The summed E-state index contributed by atoms with van der Waals surface area (Å²) in [5, 5.41) is 19.8. The Hall–Kier alpha value is -4.84. The summed E-state index contributed by atoms with van der Waals surface area (Å²) >= 11 is 0. The first-order valence-corrected chi connectivity index (χ1v) is 11.0. The Morgan fingerprint density at radius 3 is 1.26 bits per heavy atom. The Bertz CT molecular complexity index is 1340. The minimum atomic E-state index is -0.748. The second kappa shape index (κ2) is 9.19. The highest BCUT2D eigenvalue weighted by molar-refractivity contribution is 6.14. The zero-order valence-corrected chi connectivity index (χ0v) is 18.6. The van der Waals surface area contributed by atoms with Crippen molar-refractivity contribution in [3.05, 3.63) is 149 Å². The second-order valence-corrected chi connectivity index (χ2v) is 8.06. The number of phenolic OH excluding ortho intramolecular Hbond substituents is 2. The number of benzene rings is 4. The van der Waals surface area contributed by atoms with Gasteiger partial charge in [0.15, 0.2) is 5.78 Å². The van der Waals surface area contributed by atoms with Crippen LogP contribution in [0, 0.1) is 0 Å². The molecule has 0 radical (unpaired) electrons. The maximum atomic E-state index is 13.3. The third-order valence-electron chi connectivity index (χ3n) is 6.15. The predicted molar refractivity (Wildman–Crippen MR) is 131 cm³/mol. The number of hydrogen-bond donors (Lipinski definition) is 2. The molecule has 6 heteroatoms. The van der Waals surface area contributed by atoms with Gasteiger partial charge in [0.25, 0.3) is 0 Å². The van der Waals surface area contributed by atoms with E-state index >= 15 is 0 Å². The molecule has 0 amide bonds. The standard InChI is InChI=1S/C26H18O3.C3H3N3/c27-19-13-9-17(10-14-19)26(18-11-15-20(28)16-12-18)23-7-3-1-5-21(23)25(29)22-6-2-4-8-24(22)26;1-4-2-6-3-5-1/h1-16,27-28H;1-3H. The van der Waals surface area contributed by atoms with E-state index in [1.54, 1.807) is 24.3 Å². The molecule has 0 fully saturated rings. The molecule has 0 saturated carbocycles. The lowest BCUT2D eigenvalue weighted by Crippen LogP contribution is -2.38. The molecule has 0 bridgehead atoms. The minimum Gasteiger partial charge on any atom is -0.508 e. The van der Waals surface area contributed by atoms with Crippen LogP contribution >= 0.6 is 0 Å².